The SMILES string of the molecule is COc1ccc(C(=O)C=CNc2ccc(OC(F)(F)F)cc2)cc1. The van der Waals surface area contributed by atoms with E-state index in [4.69, 9.17) is 4.74 Å². The lowest BCUT2D eigenvalue weighted by Gasteiger charge is -2.09. The first-order valence-corrected chi connectivity index (χ1v) is 6.85. The molecule has 24 heavy (non-hydrogen) atoms. The Kier molecular flexibility index (Phi) is 5.47. The summed E-state index contributed by atoms with van der Waals surface area (Å²) in [5.74, 6) is 0.114. The third kappa shape index (κ3) is 5.35. The topological polar surface area (TPSA) is 47.6 Å². The molecule has 2 aromatic carbocycles. The van der Waals surface area contributed by atoms with Crippen LogP contribution in [0.1, 0.15) is 10.4 Å². The molecule has 0 aliphatic rings. The first-order chi connectivity index (χ1) is 11.4. The molecule has 4 nitrogen and oxygen atoms in total. The summed E-state index contributed by atoms with van der Waals surface area (Å²) < 4.78 is 44.9. The number of hydrogen-bond donors (Lipinski definition) is 1. The van der Waals surface area contributed by atoms with Crippen molar-refractivity contribution in [1.29, 1.82) is 0 Å². The zero-order valence-electron chi connectivity index (χ0n) is 12.6. The average Bonchev–Trinajstić information content (AvgIpc) is 2.55. The zero-order valence-corrected chi connectivity index (χ0v) is 12.6. The number of alkyl halides is 3. The molecule has 0 spiro atoms. The van der Waals surface area contributed by atoms with E-state index < -0.39 is 6.36 Å². The van der Waals surface area contributed by atoms with E-state index in [0.717, 1.165) is 0 Å². The summed E-state index contributed by atoms with van der Waals surface area (Å²) in [6, 6.07) is 11.8. The molecule has 0 saturated carbocycles. The smallest absolute Gasteiger partial charge is 0.497 e. The Balaban J connectivity index is 1.92. The number of ether oxygens (including phenoxy) is 2. The van der Waals surface area contributed by atoms with Crippen LogP contribution in [0, 0.1) is 0 Å². The number of carbonyl (C=O) groups is 1. The quantitative estimate of drug-likeness (QED) is 0.627. The van der Waals surface area contributed by atoms with E-state index in [1.807, 2.05) is 0 Å². The van der Waals surface area contributed by atoms with Gasteiger partial charge in [-0.25, -0.2) is 0 Å². The lowest BCUT2D eigenvalue weighted by molar-refractivity contribution is -0.274. The fourth-order valence-electron chi connectivity index (χ4n) is 1.82. The molecule has 126 valence electrons. The van der Waals surface area contributed by atoms with E-state index in [1.54, 1.807) is 24.3 Å². The monoisotopic (exact) mass is 337 g/mol. The summed E-state index contributed by atoms with van der Waals surface area (Å²) >= 11 is 0. The number of methoxy groups -OCH3 is 1. The maximum Gasteiger partial charge on any atom is 0.573 e. The van der Waals surface area contributed by atoms with Crippen LogP contribution in [0.2, 0.25) is 0 Å². The Morgan fingerprint density at radius 2 is 1.58 bits per heavy atom. The number of benzene rings is 2. The van der Waals surface area contributed by atoms with Crippen molar-refractivity contribution >= 4 is 11.5 Å². The van der Waals surface area contributed by atoms with Crippen LogP contribution in [-0.2, 0) is 0 Å². The zero-order chi connectivity index (χ0) is 17.6. The molecule has 0 atom stereocenters. The summed E-state index contributed by atoms with van der Waals surface area (Å²) in [6.45, 7) is 0. The summed E-state index contributed by atoms with van der Waals surface area (Å²) in [5, 5.41) is 2.80. The molecule has 0 amide bonds. The molecule has 1 N–H and O–H groups in total. The predicted octanol–water partition coefficient (Wildman–Crippen LogP) is 4.40. The third-order valence-electron chi connectivity index (χ3n) is 2.95. The Morgan fingerprint density at radius 1 is 1.00 bits per heavy atom. The number of anilines is 1. The molecule has 0 aromatic heterocycles. The largest absolute Gasteiger partial charge is 0.573 e. The Morgan fingerprint density at radius 3 is 2.12 bits per heavy atom. The van der Waals surface area contributed by atoms with Crippen LogP contribution in [0.4, 0.5) is 18.9 Å². The maximum atomic E-state index is 12.0. The van der Waals surface area contributed by atoms with Crippen LogP contribution < -0.4 is 14.8 Å². The molecule has 2 rings (SSSR count). The van der Waals surface area contributed by atoms with Gasteiger partial charge in [0.1, 0.15) is 11.5 Å². The lowest BCUT2D eigenvalue weighted by Crippen LogP contribution is -2.16. The van der Waals surface area contributed by atoms with Crippen LogP contribution in [0.15, 0.2) is 60.8 Å². The van der Waals surface area contributed by atoms with Gasteiger partial charge in [0, 0.05) is 23.5 Å². The van der Waals surface area contributed by atoms with Crippen molar-refractivity contribution in [2.45, 2.75) is 6.36 Å². The molecular weight excluding hydrogens is 323 g/mol. The fourth-order valence-corrected chi connectivity index (χ4v) is 1.82. The first kappa shape index (κ1) is 17.4. The van der Waals surface area contributed by atoms with Gasteiger partial charge in [0.25, 0.3) is 0 Å². The molecule has 0 saturated heterocycles. The summed E-state index contributed by atoms with van der Waals surface area (Å²) in [6.07, 6.45) is -1.99. The molecule has 2 aromatic rings. The van der Waals surface area contributed by atoms with Gasteiger partial charge < -0.3 is 14.8 Å². The van der Waals surface area contributed by atoms with Crippen molar-refractivity contribution in [3.8, 4) is 11.5 Å². The van der Waals surface area contributed by atoms with E-state index in [1.165, 1.54) is 43.7 Å². The highest BCUT2D eigenvalue weighted by molar-refractivity contribution is 6.04. The Hall–Kier alpha value is -2.96. The van der Waals surface area contributed by atoms with Gasteiger partial charge in [0.15, 0.2) is 5.78 Å². The van der Waals surface area contributed by atoms with Gasteiger partial charge in [-0.05, 0) is 48.5 Å². The number of hydrogen-bond acceptors (Lipinski definition) is 4. The van der Waals surface area contributed by atoms with Gasteiger partial charge in [-0.1, -0.05) is 0 Å². The molecule has 0 aliphatic heterocycles. The Labute approximate surface area is 136 Å². The summed E-state index contributed by atoms with van der Waals surface area (Å²) in [4.78, 5) is 11.9. The molecular formula is C17H14F3NO3. The van der Waals surface area contributed by atoms with Gasteiger partial charge in [-0.3, -0.25) is 4.79 Å². The third-order valence-corrected chi connectivity index (χ3v) is 2.95. The van der Waals surface area contributed by atoms with Crippen LogP contribution in [0.3, 0.4) is 0 Å². The lowest BCUT2D eigenvalue weighted by atomic mass is 10.1. The van der Waals surface area contributed by atoms with Gasteiger partial charge in [-0.2, -0.15) is 0 Å². The number of carbonyl (C=O) groups excluding carboxylic acids is 1. The van der Waals surface area contributed by atoms with E-state index in [2.05, 4.69) is 10.1 Å². The van der Waals surface area contributed by atoms with E-state index in [-0.39, 0.29) is 11.5 Å². The van der Waals surface area contributed by atoms with Crippen molar-refractivity contribution < 1.29 is 27.4 Å². The maximum absolute atomic E-state index is 12.0. The van der Waals surface area contributed by atoms with E-state index in [9.17, 15) is 18.0 Å². The summed E-state index contributed by atoms with van der Waals surface area (Å²) in [7, 11) is 1.53. The highest BCUT2D eigenvalue weighted by Crippen LogP contribution is 2.23. The average molecular weight is 337 g/mol. The van der Waals surface area contributed by atoms with Crippen molar-refractivity contribution in [2.75, 3.05) is 12.4 Å². The molecule has 0 bridgehead atoms. The molecule has 0 fully saturated rings. The number of allylic oxidation sites excluding steroid dienone is 1. The second-order valence-electron chi connectivity index (χ2n) is 4.64. The number of ketones is 1. The normalized spacial score (nSPS) is 11.3. The second kappa shape index (κ2) is 7.54. The highest BCUT2D eigenvalue weighted by atomic mass is 19.4. The summed E-state index contributed by atoms with van der Waals surface area (Å²) in [5.41, 5.74) is 1.01. The van der Waals surface area contributed by atoms with Crippen molar-refractivity contribution in [3.05, 3.63) is 66.4 Å². The number of halogens is 3. The van der Waals surface area contributed by atoms with Crippen molar-refractivity contribution in [2.24, 2.45) is 0 Å². The predicted molar refractivity (Wildman–Crippen MR) is 83.2 cm³/mol. The fraction of sp³-hybridized carbons (Fsp3) is 0.118. The van der Waals surface area contributed by atoms with Crippen molar-refractivity contribution in [1.82, 2.24) is 0 Å². The van der Waals surface area contributed by atoms with Crippen LogP contribution in [0.5, 0.6) is 11.5 Å². The van der Waals surface area contributed by atoms with E-state index >= 15 is 0 Å². The van der Waals surface area contributed by atoms with Crippen LogP contribution in [-0.4, -0.2) is 19.3 Å². The van der Waals surface area contributed by atoms with E-state index in [0.29, 0.717) is 17.0 Å². The highest BCUT2D eigenvalue weighted by Gasteiger charge is 2.30. The minimum absolute atomic E-state index is 0.220. The molecule has 0 aliphatic carbocycles. The molecule has 0 heterocycles. The molecule has 0 radical (unpaired) electrons. The van der Waals surface area contributed by atoms with Gasteiger partial charge >= 0.3 is 6.36 Å². The van der Waals surface area contributed by atoms with Gasteiger partial charge in [0.05, 0.1) is 7.11 Å². The molecule has 7 heteroatoms. The van der Waals surface area contributed by atoms with Gasteiger partial charge in [-0.15, -0.1) is 13.2 Å². The first-order valence-electron chi connectivity index (χ1n) is 6.85. The van der Waals surface area contributed by atoms with Crippen LogP contribution in [0.25, 0.3) is 0 Å². The molecule has 0 unspecified atom stereocenters. The number of rotatable bonds is 6. The van der Waals surface area contributed by atoms with Crippen LogP contribution >= 0.6 is 0 Å². The second-order valence-corrected chi connectivity index (χ2v) is 4.64. The van der Waals surface area contributed by atoms with Crippen molar-refractivity contribution in [3.63, 3.8) is 0 Å². The number of nitrogens with one attached hydrogen (secondary N) is 1. The van der Waals surface area contributed by atoms with Gasteiger partial charge in [0.2, 0.25) is 0 Å². The minimum atomic E-state index is -4.72. The Bertz CT molecular complexity index is 707. The standard InChI is InChI=1S/C17H14F3NO3/c1-23-14-6-2-12(3-7-14)16(22)10-11-21-13-4-8-15(9-5-13)24-17(18,19)20/h2-11,21H,1H3. The minimum Gasteiger partial charge on any atom is -0.497 e.